The topological polar surface area (TPSA) is 64.0 Å². The molecule has 0 atom stereocenters. The predicted molar refractivity (Wildman–Crippen MR) is 28.1 cm³/mol. The molecule has 0 aromatic carbocycles. The maximum Gasteiger partial charge on any atom is 0.113 e. The molecular weight excluding hydrogens is 106 g/mol. The maximum absolute atomic E-state index is 7.87. The minimum absolute atomic E-state index is 0.735. The second-order valence-corrected chi connectivity index (χ2v) is 1.27. The van der Waals surface area contributed by atoms with E-state index in [2.05, 4.69) is 15.6 Å². The minimum Gasteiger partial charge on any atom is -0.167 e. The van der Waals surface area contributed by atoms with Crippen LogP contribution in [0.15, 0.2) is 17.5 Å². The summed E-state index contributed by atoms with van der Waals surface area (Å²) < 4.78 is 0. The smallest absolute Gasteiger partial charge is 0.113 e. The summed E-state index contributed by atoms with van der Waals surface area (Å²) in [6, 6.07) is 0. The van der Waals surface area contributed by atoms with Crippen molar-refractivity contribution in [1.82, 2.24) is 10.5 Å². The number of nitrogens with one attached hydrogen (secondary N) is 1. The van der Waals surface area contributed by atoms with Crippen LogP contribution in [-0.4, -0.2) is 11.7 Å². The highest BCUT2D eigenvalue weighted by molar-refractivity contribution is 4.87. The lowest BCUT2D eigenvalue weighted by Crippen LogP contribution is -2.22. The van der Waals surface area contributed by atoms with Crippen LogP contribution in [0.4, 0.5) is 0 Å². The zero-order chi connectivity index (χ0) is 5.82. The minimum atomic E-state index is 0.735. The van der Waals surface area contributed by atoms with E-state index in [1.807, 2.05) is 6.08 Å². The highest BCUT2D eigenvalue weighted by Gasteiger charge is 2.01. The zero-order valence-electron chi connectivity index (χ0n) is 4.15. The Bertz CT molecular complexity index is 144. The molecule has 0 aromatic heterocycles. The summed E-state index contributed by atoms with van der Waals surface area (Å²) >= 11 is 0. The van der Waals surface area contributed by atoms with E-state index in [4.69, 9.17) is 5.53 Å². The molecule has 0 aromatic rings. The highest BCUT2D eigenvalue weighted by Crippen LogP contribution is 1.91. The average Bonchev–Trinajstić information content (AvgIpc) is 2.19. The van der Waals surface area contributed by atoms with E-state index in [9.17, 15) is 0 Å². The molecule has 0 saturated carbocycles. The first-order chi connectivity index (χ1) is 3.93. The molecule has 1 heterocycles. The van der Waals surface area contributed by atoms with Gasteiger partial charge in [-0.15, -0.1) is 16.1 Å². The van der Waals surface area contributed by atoms with Gasteiger partial charge < -0.3 is 0 Å². The maximum atomic E-state index is 7.87. The van der Waals surface area contributed by atoms with Gasteiger partial charge in [0.25, 0.3) is 0 Å². The summed E-state index contributed by atoms with van der Waals surface area (Å²) in [4.78, 5) is 2.55. The molecule has 1 rings (SSSR count). The number of hydrogen-bond acceptors (Lipinski definition) is 2. The average molecular weight is 111 g/mol. The summed E-state index contributed by atoms with van der Waals surface area (Å²) in [5.41, 5.74) is 10.6. The molecule has 0 amide bonds. The van der Waals surface area contributed by atoms with Crippen LogP contribution in [0.25, 0.3) is 10.4 Å². The van der Waals surface area contributed by atoms with Gasteiger partial charge in [-0.3, -0.25) is 0 Å². The number of nitrogens with zero attached hydrogens (tertiary/aromatic N) is 4. The molecular formula is C3H5N5. The summed E-state index contributed by atoms with van der Waals surface area (Å²) in [7, 11) is 0. The molecule has 0 saturated heterocycles. The fraction of sp³-hybridized carbons (Fsp3) is 0.333. The molecule has 5 nitrogen and oxygen atoms in total. The van der Waals surface area contributed by atoms with Gasteiger partial charge >= 0.3 is 0 Å². The van der Waals surface area contributed by atoms with Crippen molar-refractivity contribution >= 4 is 0 Å². The standard InChI is InChI=1S/C3H5N5/c4-6-7-8-3-1-2-5-8/h1,3,5H,2H2. The lowest BCUT2D eigenvalue weighted by Gasteiger charge is -1.97. The van der Waals surface area contributed by atoms with Crippen molar-refractivity contribution in [3.8, 4) is 0 Å². The van der Waals surface area contributed by atoms with Crippen LogP contribution in [0.2, 0.25) is 0 Å². The van der Waals surface area contributed by atoms with Gasteiger partial charge in [0, 0.05) is 5.22 Å². The van der Waals surface area contributed by atoms with Crippen LogP contribution in [-0.2, 0) is 0 Å². The quantitative estimate of drug-likeness (QED) is 0.305. The van der Waals surface area contributed by atoms with Crippen LogP contribution < -0.4 is 5.43 Å². The third kappa shape index (κ3) is 0.900. The molecule has 42 valence electrons. The Hall–Kier alpha value is -1.19. The molecule has 5 heteroatoms. The Balaban J connectivity index is 2.48. The molecule has 0 spiro atoms. The Labute approximate surface area is 46.2 Å². The van der Waals surface area contributed by atoms with Crippen molar-refractivity contribution in [2.24, 2.45) is 5.22 Å². The second kappa shape index (κ2) is 2.20. The van der Waals surface area contributed by atoms with Gasteiger partial charge in [0.15, 0.2) is 0 Å². The van der Waals surface area contributed by atoms with Crippen molar-refractivity contribution in [3.63, 3.8) is 0 Å². The Morgan fingerprint density at radius 2 is 2.75 bits per heavy atom. The predicted octanol–water partition coefficient (Wildman–Crippen LogP) is 0.546. The van der Waals surface area contributed by atoms with Crippen molar-refractivity contribution < 1.29 is 0 Å². The van der Waals surface area contributed by atoms with Gasteiger partial charge in [-0.05, 0) is 6.08 Å². The molecule has 1 aliphatic heterocycles. The van der Waals surface area contributed by atoms with E-state index in [1.165, 1.54) is 5.12 Å². The fourth-order valence-corrected chi connectivity index (χ4v) is 0.456. The Kier molecular flexibility index (Phi) is 1.37. The molecule has 0 aliphatic carbocycles. The van der Waals surface area contributed by atoms with Crippen LogP contribution >= 0.6 is 0 Å². The van der Waals surface area contributed by atoms with E-state index in [0.29, 0.717) is 0 Å². The van der Waals surface area contributed by atoms with Crippen LogP contribution in [0.1, 0.15) is 0 Å². The van der Waals surface area contributed by atoms with Gasteiger partial charge in [0.05, 0.1) is 6.54 Å². The summed E-state index contributed by atoms with van der Waals surface area (Å²) in [5.74, 6) is 0. The highest BCUT2D eigenvalue weighted by atomic mass is 15.7. The lowest BCUT2D eigenvalue weighted by atomic mass is 10.7. The third-order valence-electron chi connectivity index (χ3n) is 0.754. The number of rotatable bonds is 1. The summed E-state index contributed by atoms with van der Waals surface area (Å²) in [5, 5.41) is 4.56. The first-order valence-corrected chi connectivity index (χ1v) is 2.18. The van der Waals surface area contributed by atoms with Crippen molar-refractivity contribution in [3.05, 3.63) is 22.7 Å². The third-order valence-corrected chi connectivity index (χ3v) is 0.754. The normalized spacial score (nSPS) is 16.2. The number of hydrazine groups is 1. The first kappa shape index (κ1) is 4.96. The largest absolute Gasteiger partial charge is 0.167 e. The fourth-order valence-electron chi connectivity index (χ4n) is 0.456. The first-order valence-electron chi connectivity index (χ1n) is 2.18. The van der Waals surface area contributed by atoms with Crippen molar-refractivity contribution in [2.45, 2.75) is 0 Å². The molecule has 0 bridgehead atoms. The van der Waals surface area contributed by atoms with Gasteiger partial charge in [0.2, 0.25) is 0 Å². The van der Waals surface area contributed by atoms with E-state index >= 15 is 0 Å². The molecule has 0 unspecified atom stereocenters. The SMILES string of the molecule is [N-]=[N+]=NN1C=CCN1. The van der Waals surface area contributed by atoms with Gasteiger partial charge in [0.1, 0.15) is 6.20 Å². The zero-order valence-corrected chi connectivity index (χ0v) is 4.15. The number of hydrogen-bond donors (Lipinski definition) is 1. The number of azide groups is 1. The van der Waals surface area contributed by atoms with E-state index in [1.54, 1.807) is 6.20 Å². The van der Waals surface area contributed by atoms with Crippen molar-refractivity contribution in [2.75, 3.05) is 6.54 Å². The molecule has 8 heavy (non-hydrogen) atoms. The molecule has 1 aliphatic rings. The van der Waals surface area contributed by atoms with E-state index < -0.39 is 0 Å². The van der Waals surface area contributed by atoms with Gasteiger partial charge in [-0.1, -0.05) is 0 Å². The second-order valence-electron chi connectivity index (χ2n) is 1.27. The van der Waals surface area contributed by atoms with E-state index in [0.717, 1.165) is 6.54 Å². The lowest BCUT2D eigenvalue weighted by molar-refractivity contribution is 0.318. The summed E-state index contributed by atoms with van der Waals surface area (Å²) in [6.07, 6.45) is 3.52. The molecule has 1 N–H and O–H groups in total. The van der Waals surface area contributed by atoms with Crippen LogP contribution in [0.3, 0.4) is 0 Å². The van der Waals surface area contributed by atoms with Crippen molar-refractivity contribution in [1.29, 1.82) is 0 Å². The molecule has 0 radical (unpaired) electrons. The molecule has 0 fully saturated rings. The summed E-state index contributed by atoms with van der Waals surface area (Å²) in [6.45, 7) is 0.735. The van der Waals surface area contributed by atoms with Crippen LogP contribution in [0, 0.1) is 0 Å². The van der Waals surface area contributed by atoms with Gasteiger partial charge in [-0.2, -0.15) is 4.91 Å². The Morgan fingerprint density at radius 3 is 3.25 bits per heavy atom. The Morgan fingerprint density at radius 1 is 1.88 bits per heavy atom. The van der Waals surface area contributed by atoms with E-state index in [-0.39, 0.29) is 0 Å². The van der Waals surface area contributed by atoms with Crippen LogP contribution in [0.5, 0.6) is 0 Å². The van der Waals surface area contributed by atoms with Gasteiger partial charge in [-0.25, -0.2) is 0 Å². The monoisotopic (exact) mass is 111 g/mol.